The fraction of sp³-hybridized carbons (Fsp3) is 0.500. The van der Waals surface area contributed by atoms with Gasteiger partial charge < -0.3 is 15.0 Å². The van der Waals surface area contributed by atoms with Crippen molar-refractivity contribution in [3.05, 3.63) is 29.8 Å². The third kappa shape index (κ3) is 5.08. The van der Waals surface area contributed by atoms with Crippen LogP contribution in [0.2, 0.25) is 0 Å². The van der Waals surface area contributed by atoms with Crippen LogP contribution in [0.4, 0.5) is 5.69 Å². The summed E-state index contributed by atoms with van der Waals surface area (Å²) >= 11 is 0. The summed E-state index contributed by atoms with van der Waals surface area (Å²) in [6.07, 6.45) is 1.88. The van der Waals surface area contributed by atoms with Crippen LogP contribution in [-0.2, 0) is 25.5 Å². The predicted molar refractivity (Wildman–Crippen MR) is 90.4 cm³/mol. The summed E-state index contributed by atoms with van der Waals surface area (Å²) in [6.45, 7) is 4.71. The van der Waals surface area contributed by atoms with Gasteiger partial charge in [-0.2, -0.15) is 0 Å². The highest BCUT2D eigenvalue weighted by Crippen LogP contribution is 2.19. The van der Waals surface area contributed by atoms with Gasteiger partial charge in [0.1, 0.15) is 0 Å². The molecule has 1 aliphatic rings. The van der Waals surface area contributed by atoms with Crippen LogP contribution < -0.4 is 5.32 Å². The second-order valence-corrected chi connectivity index (χ2v) is 5.99. The minimum Gasteiger partial charge on any atom is -0.466 e. The first-order chi connectivity index (χ1) is 11.5. The summed E-state index contributed by atoms with van der Waals surface area (Å²) in [5.74, 6) is -0.548. The highest BCUT2D eigenvalue weighted by atomic mass is 16.5. The lowest BCUT2D eigenvalue weighted by atomic mass is 9.97. The number of carbonyl (C=O) groups excluding carboxylic acids is 3. The second kappa shape index (κ2) is 8.47. The molecule has 1 heterocycles. The van der Waals surface area contributed by atoms with E-state index < -0.39 is 0 Å². The highest BCUT2D eigenvalue weighted by Gasteiger charge is 2.29. The smallest absolute Gasteiger partial charge is 0.310 e. The van der Waals surface area contributed by atoms with Crippen LogP contribution in [0.25, 0.3) is 0 Å². The van der Waals surface area contributed by atoms with Gasteiger partial charge in [-0.1, -0.05) is 12.1 Å². The first-order valence-corrected chi connectivity index (χ1v) is 8.30. The summed E-state index contributed by atoms with van der Waals surface area (Å²) in [5, 5.41) is 2.69. The molecule has 2 rings (SSSR count). The van der Waals surface area contributed by atoms with Crippen molar-refractivity contribution in [3.63, 3.8) is 0 Å². The van der Waals surface area contributed by atoms with Crippen molar-refractivity contribution in [2.75, 3.05) is 25.0 Å². The van der Waals surface area contributed by atoms with Crippen LogP contribution in [0.3, 0.4) is 0 Å². The minimum atomic E-state index is -0.218. The summed E-state index contributed by atoms with van der Waals surface area (Å²) in [6, 6.07) is 7.22. The number of ether oxygens (including phenoxy) is 1. The van der Waals surface area contributed by atoms with Gasteiger partial charge in [-0.3, -0.25) is 14.4 Å². The molecule has 0 spiro atoms. The van der Waals surface area contributed by atoms with Crippen LogP contribution in [0.1, 0.15) is 32.3 Å². The molecule has 1 aliphatic heterocycles. The lowest BCUT2D eigenvalue weighted by molar-refractivity contribution is -0.151. The predicted octanol–water partition coefficient (Wildman–Crippen LogP) is 1.99. The number of benzene rings is 1. The van der Waals surface area contributed by atoms with Crippen molar-refractivity contribution in [1.29, 1.82) is 0 Å². The van der Waals surface area contributed by atoms with Gasteiger partial charge in [0.25, 0.3) is 0 Å². The molecule has 1 saturated heterocycles. The Morgan fingerprint density at radius 3 is 2.58 bits per heavy atom. The third-order valence-corrected chi connectivity index (χ3v) is 4.02. The molecule has 24 heavy (non-hydrogen) atoms. The largest absolute Gasteiger partial charge is 0.466 e. The molecule has 1 aromatic rings. The molecule has 1 N–H and O–H groups in total. The van der Waals surface area contributed by atoms with Crippen LogP contribution >= 0.6 is 0 Å². The second-order valence-electron chi connectivity index (χ2n) is 5.99. The number of likely N-dealkylation sites (tertiary alicyclic amines) is 1. The zero-order valence-electron chi connectivity index (χ0n) is 14.2. The van der Waals surface area contributed by atoms with E-state index in [9.17, 15) is 14.4 Å². The maximum atomic E-state index is 12.5. The van der Waals surface area contributed by atoms with Gasteiger partial charge >= 0.3 is 5.97 Å². The Morgan fingerprint density at radius 1 is 1.25 bits per heavy atom. The molecule has 0 aliphatic carbocycles. The van der Waals surface area contributed by atoms with Crippen LogP contribution in [0.15, 0.2) is 24.3 Å². The molecule has 0 aromatic heterocycles. The van der Waals surface area contributed by atoms with E-state index in [1.54, 1.807) is 24.0 Å². The normalized spacial score (nSPS) is 17.2. The van der Waals surface area contributed by atoms with Gasteiger partial charge in [-0.05, 0) is 37.5 Å². The standard InChI is InChI=1S/C18H24N2O4/c1-3-24-18(23)15-5-4-10-20(12-15)17(22)11-14-6-8-16(9-7-14)19-13(2)21/h6-9,15H,3-5,10-12H2,1-2H3,(H,19,21)/t15-/m0/s1. The lowest BCUT2D eigenvalue weighted by Gasteiger charge is -2.31. The number of nitrogens with zero attached hydrogens (tertiary/aromatic N) is 1. The number of hydrogen-bond acceptors (Lipinski definition) is 4. The van der Waals surface area contributed by atoms with Gasteiger partial charge in [0.05, 0.1) is 18.9 Å². The van der Waals surface area contributed by atoms with E-state index in [0.29, 0.717) is 25.4 Å². The lowest BCUT2D eigenvalue weighted by Crippen LogP contribution is -2.43. The number of piperidine rings is 1. The molecule has 1 fully saturated rings. The van der Waals surface area contributed by atoms with Crippen molar-refractivity contribution in [3.8, 4) is 0 Å². The average Bonchev–Trinajstić information content (AvgIpc) is 2.56. The van der Waals surface area contributed by atoms with Crippen LogP contribution in [-0.4, -0.2) is 42.4 Å². The first-order valence-electron chi connectivity index (χ1n) is 8.30. The van der Waals surface area contributed by atoms with E-state index >= 15 is 0 Å². The third-order valence-electron chi connectivity index (χ3n) is 4.02. The summed E-state index contributed by atoms with van der Waals surface area (Å²) in [7, 11) is 0. The van der Waals surface area contributed by atoms with Crippen LogP contribution in [0.5, 0.6) is 0 Å². The van der Waals surface area contributed by atoms with E-state index in [-0.39, 0.29) is 30.1 Å². The fourth-order valence-corrected chi connectivity index (χ4v) is 2.85. The SMILES string of the molecule is CCOC(=O)[C@H]1CCCN(C(=O)Cc2ccc(NC(C)=O)cc2)C1. The average molecular weight is 332 g/mol. The molecular weight excluding hydrogens is 308 g/mol. The van der Waals surface area contributed by atoms with Crippen molar-refractivity contribution in [2.45, 2.75) is 33.1 Å². The number of nitrogens with one attached hydrogen (secondary N) is 1. The maximum absolute atomic E-state index is 12.5. The topological polar surface area (TPSA) is 75.7 Å². The molecule has 6 heteroatoms. The van der Waals surface area contributed by atoms with Gasteiger partial charge in [0.2, 0.25) is 11.8 Å². The zero-order chi connectivity index (χ0) is 17.5. The Kier molecular flexibility index (Phi) is 6.35. The number of carbonyl (C=O) groups is 3. The number of hydrogen-bond donors (Lipinski definition) is 1. The van der Waals surface area contributed by atoms with Crippen molar-refractivity contribution >= 4 is 23.5 Å². The van der Waals surface area contributed by atoms with Crippen molar-refractivity contribution < 1.29 is 19.1 Å². The molecule has 130 valence electrons. The first kappa shape index (κ1) is 18.0. The van der Waals surface area contributed by atoms with Gasteiger partial charge in [0, 0.05) is 25.7 Å². The molecule has 2 amide bonds. The fourth-order valence-electron chi connectivity index (χ4n) is 2.85. The van der Waals surface area contributed by atoms with E-state index in [1.807, 2.05) is 12.1 Å². The molecule has 0 radical (unpaired) electrons. The van der Waals surface area contributed by atoms with E-state index in [2.05, 4.69) is 5.32 Å². The van der Waals surface area contributed by atoms with Gasteiger partial charge in [-0.15, -0.1) is 0 Å². The number of anilines is 1. The van der Waals surface area contributed by atoms with Crippen LogP contribution in [0, 0.1) is 5.92 Å². The molecule has 0 unspecified atom stereocenters. The van der Waals surface area contributed by atoms with Gasteiger partial charge in [0.15, 0.2) is 0 Å². The molecule has 0 bridgehead atoms. The van der Waals surface area contributed by atoms with E-state index in [4.69, 9.17) is 4.74 Å². The Labute approximate surface area is 142 Å². The summed E-state index contributed by atoms with van der Waals surface area (Å²) < 4.78 is 5.06. The molecule has 1 atom stereocenters. The monoisotopic (exact) mass is 332 g/mol. The number of esters is 1. The Morgan fingerprint density at radius 2 is 1.96 bits per heavy atom. The zero-order valence-corrected chi connectivity index (χ0v) is 14.2. The summed E-state index contributed by atoms with van der Waals surface area (Å²) in [5.41, 5.74) is 1.59. The van der Waals surface area contributed by atoms with Crippen molar-refractivity contribution in [2.24, 2.45) is 5.92 Å². The van der Waals surface area contributed by atoms with E-state index in [1.165, 1.54) is 6.92 Å². The van der Waals surface area contributed by atoms with E-state index in [0.717, 1.165) is 18.4 Å². The Bertz CT molecular complexity index is 598. The van der Waals surface area contributed by atoms with Crippen molar-refractivity contribution in [1.82, 2.24) is 4.90 Å². The molecule has 6 nitrogen and oxygen atoms in total. The quantitative estimate of drug-likeness (QED) is 0.837. The number of rotatable bonds is 5. The molecule has 0 saturated carbocycles. The molecular formula is C18H24N2O4. The Balaban J connectivity index is 1.91. The Hall–Kier alpha value is -2.37. The minimum absolute atomic E-state index is 0.0104. The number of amides is 2. The highest BCUT2D eigenvalue weighted by molar-refractivity contribution is 5.88. The molecule has 1 aromatic carbocycles. The van der Waals surface area contributed by atoms with Gasteiger partial charge in [-0.25, -0.2) is 0 Å². The summed E-state index contributed by atoms with van der Waals surface area (Å²) in [4.78, 5) is 37.1. The maximum Gasteiger partial charge on any atom is 0.310 e.